The fourth-order valence-electron chi connectivity index (χ4n) is 1.86. The highest BCUT2D eigenvalue weighted by Crippen LogP contribution is 2.20. The van der Waals surface area contributed by atoms with Crippen LogP contribution < -0.4 is 10.2 Å². The van der Waals surface area contributed by atoms with E-state index < -0.39 is 0 Å². The second-order valence-corrected chi connectivity index (χ2v) is 5.09. The van der Waals surface area contributed by atoms with Crippen molar-refractivity contribution in [2.75, 3.05) is 12.0 Å². The lowest BCUT2D eigenvalue weighted by atomic mass is 10.2. The van der Waals surface area contributed by atoms with Crippen LogP contribution in [0.4, 0.5) is 0 Å². The molecule has 0 aliphatic heterocycles. The highest BCUT2D eigenvalue weighted by molar-refractivity contribution is 6.31. The van der Waals surface area contributed by atoms with Crippen molar-refractivity contribution in [1.29, 1.82) is 0 Å². The molecule has 0 saturated heterocycles. The average Bonchev–Trinajstić information content (AvgIpc) is 2.72. The summed E-state index contributed by atoms with van der Waals surface area (Å²) in [5.74, 6) is 0.419. The zero-order valence-corrected chi connectivity index (χ0v) is 12.5. The van der Waals surface area contributed by atoms with E-state index in [1.807, 2.05) is 39.0 Å². The van der Waals surface area contributed by atoms with Crippen LogP contribution in [0.25, 0.3) is 0 Å². The van der Waals surface area contributed by atoms with Crippen LogP contribution in [0, 0.1) is 20.8 Å². The summed E-state index contributed by atoms with van der Waals surface area (Å²) in [5, 5.41) is 0.681. The number of nitrogens with one attached hydrogen (secondary N) is 1. The van der Waals surface area contributed by atoms with Crippen LogP contribution in [0.3, 0.4) is 0 Å². The molecule has 0 radical (unpaired) electrons. The first-order valence-electron chi connectivity index (χ1n) is 6.31. The highest BCUT2D eigenvalue weighted by atomic mass is 35.5. The van der Waals surface area contributed by atoms with E-state index in [1.54, 1.807) is 16.8 Å². The Labute approximate surface area is 123 Å². The number of aryl methyl sites for hydroxylation is 3. The Morgan fingerprint density at radius 1 is 1.20 bits per heavy atom. The molecule has 20 heavy (non-hydrogen) atoms. The topological polar surface area (TPSA) is 43.3 Å². The van der Waals surface area contributed by atoms with Gasteiger partial charge in [-0.05, 0) is 56.7 Å². The van der Waals surface area contributed by atoms with Gasteiger partial charge in [0.1, 0.15) is 5.75 Å². The van der Waals surface area contributed by atoms with Gasteiger partial charge in [-0.2, -0.15) is 0 Å². The smallest absolute Gasteiger partial charge is 0.276 e. The molecule has 0 bridgehead atoms. The van der Waals surface area contributed by atoms with E-state index in [1.165, 1.54) is 0 Å². The quantitative estimate of drug-likeness (QED) is 0.940. The third kappa shape index (κ3) is 3.33. The summed E-state index contributed by atoms with van der Waals surface area (Å²) >= 11 is 5.93. The van der Waals surface area contributed by atoms with Crippen molar-refractivity contribution in [2.24, 2.45) is 0 Å². The number of aromatic nitrogens is 1. The predicted molar refractivity (Wildman–Crippen MR) is 80.0 cm³/mol. The van der Waals surface area contributed by atoms with Gasteiger partial charge >= 0.3 is 0 Å². The second kappa shape index (κ2) is 6.01. The van der Waals surface area contributed by atoms with E-state index in [0.717, 1.165) is 17.0 Å². The Balaban J connectivity index is 1.94. The number of amides is 1. The molecule has 0 unspecified atom stereocenters. The van der Waals surface area contributed by atoms with Gasteiger partial charge in [-0.3, -0.25) is 14.9 Å². The molecule has 0 saturated carbocycles. The van der Waals surface area contributed by atoms with Gasteiger partial charge in [0, 0.05) is 16.4 Å². The largest absolute Gasteiger partial charge is 0.484 e. The standard InChI is InChI=1S/C15H17ClN2O2/c1-10-8-13(6-7-14(10)16)20-9-15(19)17-18-11(2)4-5-12(18)3/h4-8H,9H2,1-3H3,(H,17,19). The summed E-state index contributed by atoms with van der Waals surface area (Å²) in [6, 6.07) is 9.19. The SMILES string of the molecule is Cc1cc(OCC(=O)Nn2c(C)ccc2C)ccc1Cl. The Bertz CT molecular complexity index is 615. The van der Waals surface area contributed by atoms with Gasteiger partial charge in [0.2, 0.25) is 0 Å². The fourth-order valence-corrected chi connectivity index (χ4v) is 1.98. The molecule has 4 nitrogen and oxygen atoms in total. The maximum Gasteiger partial charge on any atom is 0.276 e. The summed E-state index contributed by atoms with van der Waals surface area (Å²) in [6.45, 7) is 5.70. The Morgan fingerprint density at radius 2 is 1.85 bits per heavy atom. The number of ether oxygens (including phenoxy) is 1. The van der Waals surface area contributed by atoms with Crippen molar-refractivity contribution < 1.29 is 9.53 Å². The molecule has 2 rings (SSSR count). The van der Waals surface area contributed by atoms with E-state index in [-0.39, 0.29) is 12.5 Å². The van der Waals surface area contributed by atoms with Crippen molar-refractivity contribution >= 4 is 17.5 Å². The Hall–Kier alpha value is -1.94. The van der Waals surface area contributed by atoms with Crippen LogP contribution in [0.5, 0.6) is 5.75 Å². The van der Waals surface area contributed by atoms with Crippen LogP contribution in [-0.2, 0) is 4.79 Å². The number of hydrogen-bond donors (Lipinski definition) is 1. The predicted octanol–water partition coefficient (Wildman–Crippen LogP) is 3.22. The lowest BCUT2D eigenvalue weighted by molar-refractivity contribution is -0.119. The van der Waals surface area contributed by atoms with E-state index in [2.05, 4.69) is 5.43 Å². The van der Waals surface area contributed by atoms with Gasteiger partial charge < -0.3 is 4.74 Å². The minimum Gasteiger partial charge on any atom is -0.484 e. The highest BCUT2D eigenvalue weighted by Gasteiger charge is 2.07. The van der Waals surface area contributed by atoms with Gasteiger partial charge in [-0.15, -0.1) is 0 Å². The van der Waals surface area contributed by atoms with Crippen molar-refractivity contribution in [2.45, 2.75) is 20.8 Å². The van der Waals surface area contributed by atoms with Gasteiger partial charge in [0.15, 0.2) is 6.61 Å². The fraction of sp³-hybridized carbons (Fsp3) is 0.267. The normalized spacial score (nSPS) is 10.4. The number of hydrogen-bond acceptors (Lipinski definition) is 2. The number of halogens is 1. The molecule has 106 valence electrons. The van der Waals surface area contributed by atoms with Crippen molar-refractivity contribution in [3.8, 4) is 5.75 Å². The molecule has 1 aromatic carbocycles. The van der Waals surface area contributed by atoms with Crippen molar-refractivity contribution in [3.05, 3.63) is 52.3 Å². The summed E-state index contributed by atoms with van der Waals surface area (Å²) < 4.78 is 7.18. The first-order valence-corrected chi connectivity index (χ1v) is 6.69. The molecule has 1 heterocycles. The number of benzene rings is 1. The monoisotopic (exact) mass is 292 g/mol. The van der Waals surface area contributed by atoms with Crippen LogP contribution in [0.1, 0.15) is 17.0 Å². The number of rotatable bonds is 4. The summed E-state index contributed by atoms with van der Waals surface area (Å²) in [7, 11) is 0. The van der Waals surface area contributed by atoms with Crippen molar-refractivity contribution in [3.63, 3.8) is 0 Å². The minimum atomic E-state index is -0.208. The molecular formula is C15H17ClN2O2. The van der Waals surface area contributed by atoms with Crippen LogP contribution in [0.2, 0.25) is 5.02 Å². The third-order valence-electron chi connectivity index (χ3n) is 3.01. The van der Waals surface area contributed by atoms with E-state index >= 15 is 0 Å². The van der Waals surface area contributed by atoms with Gasteiger partial charge in [0.25, 0.3) is 5.91 Å². The number of nitrogens with zero attached hydrogens (tertiary/aromatic N) is 1. The summed E-state index contributed by atoms with van der Waals surface area (Å²) in [4.78, 5) is 11.9. The Morgan fingerprint density at radius 3 is 2.45 bits per heavy atom. The van der Waals surface area contributed by atoms with Gasteiger partial charge in [-0.25, -0.2) is 0 Å². The number of carbonyl (C=O) groups is 1. The number of carbonyl (C=O) groups excluding carboxylic acids is 1. The third-order valence-corrected chi connectivity index (χ3v) is 3.43. The zero-order chi connectivity index (χ0) is 14.7. The molecule has 5 heteroatoms. The van der Waals surface area contributed by atoms with Gasteiger partial charge in [-0.1, -0.05) is 11.6 Å². The first kappa shape index (κ1) is 14.5. The molecule has 1 N–H and O–H groups in total. The second-order valence-electron chi connectivity index (χ2n) is 4.69. The average molecular weight is 293 g/mol. The lowest BCUT2D eigenvalue weighted by Crippen LogP contribution is -2.29. The zero-order valence-electron chi connectivity index (χ0n) is 11.7. The molecule has 2 aromatic rings. The molecular weight excluding hydrogens is 276 g/mol. The van der Waals surface area contributed by atoms with Crippen molar-refractivity contribution in [1.82, 2.24) is 4.68 Å². The maximum atomic E-state index is 11.9. The molecule has 0 fully saturated rings. The van der Waals surface area contributed by atoms with Crippen LogP contribution in [0.15, 0.2) is 30.3 Å². The summed E-state index contributed by atoms with van der Waals surface area (Å²) in [5.41, 5.74) is 5.64. The molecule has 1 amide bonds. The molecule has 0 spiro atoms. The summed E-state index contributed by atoms with van der Waals surface area (Å²) in [6.07, 6.45) is 0. The molecule has 0 aliphatic carbocycles. The molecule has 0 aliphatic rings. The van der Waals surface area contributed by atoms with E-state index in [0.29, 0.717) is 10.8 Å². The minimum absolute atomic E-state index is 0.0435. The van der Waals surface area contributed by atoms with Crippen LogP contribution in [-0.4, -0.2) is 17.2 Å². The maximum absolute atomic E-state index is 11.9. The lowest BCUT2D eigenvalue weighted by Gasteiger charge is -2.12. The molecule has 0 atom stereocenters. The Kier molecular flexibility index (Phi) is 4.35. The van der Waals surface area contributed by atoms with E-state index in [9.17, 15) is 4.79 Å². The van der Waals surface area contributed by atoms with Gasteiger partial charge in [0.05, 0.1) is 0 Å². The van der Waals surface area contributed by atoms with E-state index in [4.69, 9.17) is 16.3 Å². The molecule has 1 aromatic heterocycles. The van der Waals surface area contributed by atoms with Crippen LogP contribution >= 0.6 is 11.6 Å². The first-order chi connectivity index (χ1) is 9.47.